The van der Waals surface area contributed by atoms with Crippen molar-refractivity contribution < 1.29 is 4.74 Å². The normalized spacial score (nSPS) is 10.4. The number of methoxy groups -OCH3 is 1. The third kappa shape index (κ3) is 1.36. The fraction of sp³-hybridized carbons (Fsp3) is 0.100. The molecule has 1 heterocycles. The van der Waals surface area contributed by atoms with Crippen molar-refractivity contribution in [3.8, 4) is 5.75 Å². The molecule has 4 heteroatoms. The number of nitrogens with one attached hydrogen (secondary N) is 1. The van der Waals surface area contributed by atoms with Gasteiger partial charge in [0.05, 0.1) is 17.6 Å². The first-order valence-corrected chi connectivity index (χ1v) is 4.45. The summed E-state index contributed by atoms with van der Waals surface area (Å²) >= 11 is 5.93. The number of H-pyrrole nitrogens is 1. The number of ether oxygens (including phenoxy) is 1. The highest BCUT2D eigenvalue weighted by Gasteiger charge is 2.04. The predicted octanol–water partition coefficient (Wildman–Crippen LogP) is 2.19. The number of rotatable bonds is 1. The van der Waals surface area contributed by atoms with Gasteiger partial charge in [0.15, 0.2) is 0 Å². The van der Waals surface area contributed by atoms with Crippen LogP contribution in [0, 0.1) is 0 Å². The van der Waals surface area contributed by atoms with E-state index in [0.717, 1.165) is 5.39 Å². The number of aromatic amines is 1. The SMILES string of the molecule is COc1ccc(Cl)c2[nH]c(=O)ccc12. The van der Waals surface area contributed by atoms with Gasteiger partial charge in [-0.15, -0.1) is 0 Å². The van der Waals surface area contributed by atoms with Crippen molar-refractivity contribution in [1.82, 2.24) is 4.98 Å². The lowest BCUT2D eigenvalue weighted by Gasteiger charge is -2.05. The van der Waals surface area contributed by atoms with E-state index in [1.54, 1.807) is 25.3 Å². The van der Waals surface area contributed by atoms with Crippen LogP contribution in [0.1, 0.15) is 0 Å². The Balaban J connectivity index is 2.91. The Hall–Kier alpha value is -1.48. The molecule has 0 aliphatic heterocycles. The van der Waals surface area contributed by atoms with E-state index < -0.39 is 0 Å². The minimum Gasteiger partial charge on any atom is -0.496 e. The van der Waals surface area contributed by atoms with Gasteiger partial charge in [-0.1, -0.05) is 11.6 Å². The standard InChI is InChI=1S/C10H8ClNO2/c1-14-8-4-3-7(11)10-6(8)2-5-9(13)12-10/h2-5H,1H3,(H,12,13). The first-order valence-electron chi connectivity index (χ1n) is 4.08. The van der Waals surface area contributed by atoms with Gasteiger partial charge >= 0.3 is 0 Å². The van der Waals surface area contributed by atoms with Crippen molar-refractivity contribution in [2.45, 2.75) is 0 Å². The molecule has 0 radical (unpaired) electrons. The molecule has 0 amide bonds. The molecule has 0 saturated heterocycles. The number of hydrogen-bond acceptors (Lipinski definition) is 2. The van der Waals surface area contributed by atoms with Gasteiger partial charge in [-0.3, -0.25) is 4.79 Å². The number of halogens is 1. The van der Waals surface area contributed by atoms with E-state index in [4.69, 9.17) is 16.3 Å². The smallest absolute Gasteiger partial charge is 0.248 e. The lowest BCUT2D eigenvalue weighted by Crippen LogP contribution is -2.03. The van der Waals surface area contributed by atoms with Gasteiger partial charge in [-0.2, -0.15) is 0 Å². The molecule has 2 rings (SSSR count). The van der Waals surface area contributed by atoms with Crippen LogP contribution in [-0.4, -0.2) is 12.1 Å². The summed E-state index contributed by atoms with van der Waals surface area (Å²) in [4.78, 5) is 13.7. The van der Waals surface area contributed by atoms with E-state index in [1.165, 1.54) is 6.07 Å². The summed E-state index contributed by atoms with van der Waals surface area (Å²) < 4.78 is 5.14. The fourth-order valence-electron chi connectivity index (χ4n) is 1.37. The molecule has 1 aromatic carbocycles. The minimum atomic E-state index is -0.173. The Labute approximate surface area is 85.3 Å². The molecular weight excluding hydrogens is 202 g/mol. The predicted molar refractivity (Wildman–Crippen MR) is 56.1 cm³/mol. The van der Waals surface area contributed by atoms with Gasteiger partial charge in [0.1, 0.15) is 5.75 Å². The molecule has 72 valence electrons. The van der Waals surface area contributed by atoms with E-state index in [9.17, 15) is 4.79 Å². The Kier molecular flexibility index (Phi) is 2.17. The van der Waals surface area contributed by atoms with Crippen LogP contribution in [-0.2, 0) is 0 Å². The lowest BCUT2D eigenvalue weighted by atomic mass is 10.2. The molecule has 1 aromatic heterocycles. The highest BCUT2D eigenvalue weighted by molar-refractivity contribution is 6.35. The zero-order valence-corrected chi connectivity index (χ0v) is 8.26. The van der Waals surface area contributed by atoms with Crippen LogP contribution in [0.3, 0.4) is 0 Å². The molecular formula is C10H8ClNO2. The van der Waals surface area contributed by atoms with E-state index in [2.05, 4.69) is 4.98 Å². The summed E-state index contributed by atoms with van der Waals surface area (Å²) in [5.74, 6) is 0.695. The topological polar surface area (TPSA) is 42.1 Å². The molecule has 0 aliphatic carbocycles. The molecule has 0 aliphatic rings. The molecule has 2 aromatic rings. The second-order valence-corrected chi connectivity index (χ2v) is 3.27. The van der Waals surface area contributed by atoms with Gasteiger partial charge in [0, 0.05) is 11.5 Å². The Morgan fingerprint density at radius 3 is 2.79 bits per heavy atom. The highest BCUT2D eigenvalue weighted by atomic mass is 35.5. The van der Waals surface area contributed by atoms with Gasteiger partial charge in [0.25, 0.3) is 0 Å². The maximum absolute atomic E-state index is 11.1. The van der Waals surface area contributed by atoms with E-state index >= 15 is 0 Å². The van der Waals surface area contributed by atoms with Crippen molar-refractivity contribution in [1.29, 1.82) is 0 Å². The van der Waals surface area contributed by atoms with E-state index in [-0.39, 0.29) is 5.56 Å². The number of pyridine rings is 1. The highest BCUT2D eigenvalue weighted by Crippen LogP contribution is 2.28. The minimum absolute atomic E-state index is 0.173. The van der Waals surface area contributed by atoms with E-state index in [1.807, 2.05) is 0 Å². The molecule has 1 N–H and O–H groups in total. The summed E-state index contributed by atoms with van der Waals surface area (Å²) in [5, 5.41) is 1.32. The Morgan fingerprint density at radius 1 is 1.29 bits per heavy atom. The molecule has 0 saturated carbocycles. The van der Waals surface area contributed by atoms with Crippen molar-refractivity contribution in [2.24, 2.45) is 0 Å². The third-order valence-corrected chi connectivity index (χ3v) is 2.34. The maximum Gasteiger partial charge on any atom is 0.248 e. The van der Waals surface area contributed by atoms with Crippen molar-refractivity contribution in [2.75, 3.05) is 7.11 Å². The maximum atomic E-state index is 11.1. The summed E-state index contributed by atoms with van der Waals surface area (Å²) in [7, 11) is 1.58. The molecule has 0 bridgehead atoms. The number of benzene rings is 1. The second-order valence-electron chi connectivity index (χ2n) is 2.86. The molecule has 14 heavy (non-hydrogen) atoms. The summed E-state index contributed by atoms with van der Waals surface area (Å²) in [6.07, 6.45) is 0. The number of aromatic nitrogens is 1. The third-order valence-electron chi connectivity index (χ3n) is 2.02. The monoisotopic (exact) mass is 209 g/mol. The molecule has 0 spiro atoms. The van der Waals surface area contributed by atoms with E-state index in [0.29, 0.717) is 16.3 Å². The summed E-state index contributed by atoms with van der Waals surface area (Å²) in [6.45, 7) is 0. The zero-order chi connectivity index (χ0) is 10.1. The van der Waals surface area contributed by atoms with Crippen LogP contribution in [0.5, 0.6) is 5.75 Å². The van der Waals surface area contributed by atoms with Crippen LogP contribution in [0.4, 0.5) is 0 Å². The molecule has 0 atom stereocenters. The first-order chi connectivity index (χ1) is 6.72. The average molecular weight is 210 g/mol. The first kappa shape index (κ1) is 9.09. The molecule has 0 unspecified atom stereocenters. The summed E-state index contributed by atoms with van der Waals surface area (Å²) in [6, 6.07) is 6.60. The number of fused-ring (bicyclic) bond motifs is 1. The quantitative estimate of drug-likeness (QED) is 0.782. The fourth-order valence-corrected chi connectivity index (χ4v) is 1.58. The second kappa shape index (κ2) is 3.35. The van der Waals surface area contributed by atoms with Crippen molar-refractivity contribution in [3.63, 3.8) is 0 Å². The summed E-state index contributed by atoms with van der Waals surface area (Å²) in [5.41, 5.74) is 0.436. The van der Waals surface area contributed by atoms with Crippen molar-refractivity contribution >= 4 is 22.5 Å². The van der Waals surface area contributed by atoms with Crippen LogP contribution in [0.15, 0.2) is 29.1 Å². The average Bonchev–Trinajstić information content (AvgIpc) is 2.19. The van der Waals surface area contributed by atoms with Crippen LogP contribution in [0.25, 0.3) is 10.9 Å². The van der Waals surface area contributed by atoms with Gasteiger partial charge in [-0.25, -0.2) is 0 Å². The Bertz CT molecular complexity index is 533. The zero-order valence-electron chi connectivity index (χ0n) is 7.50. The Morgan fingerprint density at radius 2 is 2.07 bits per heavy atom. The van der Waals surface area contributed by atoms with Gasteiger partial charge < -0.3 is 9.72 Å². The lowest BCUT2D eigenvalue weighted by molar-refractivity contribution is 0.420. The van der Waals surface area contributed by atoms with Crippen LogP contribution >= 0.6 is 11.6 Å². The van der Waals surface area contributed by atoms with Gasteiger partial charge in [-0.05, 0) is 18.2 Å². The van der Waals surface area contributed by atoms with Crippen LogP contribution in [0.2, 0.25) is 5.02 Å². The van der Waals surface area contributed by atoms with Gasteiger partial charge in [0.2, 0.25) is 5.56 Å². The molecule has 3 nitrogen and oxygen atoms in total. The molecule has 0 fully saturated rings. The van der Waals surface area contributed by atoms with Crippen LogP contribution < -0.4 is 10.3 Å². The van der Waals surface area contributed by atoms with Crippen molar-refractivity contribution in [3.05, 3.63) is 39.6 Å². The largest absolute Gasteiger partial charge is 0.496 e. The number of hydrogen-bond donors (Lipinski definition) is 1.